The first-order chi connectivity index (χ1) is 12.1. The molecule has 0 saturated heterocycles. The quantitative estimate of drug-likeness (QED) is 0.845. The van der Waals surface area contributed by atoms with Crippen LogP contribution in [0.1, 0.15) is 41.3 Å². The van der Waals surface area contributed by atoms with E-state index in [0.29, 0.717) is 5.56 Å². The Morgan fingerprint density at radius 3 is 2.15 bits per heavy atom. The normalized spacial score (nSPS) is 14.1. The highest BCUT2D eigenvalue weighted by molar-refractivity contribution is 7.88. The molecule has 2 unspecified atom stereocenters. The van der Waals surface area contributed by atoms with Gasteiger partial charge in [0, 0.05) is 7.05 Å². The first-order valence-electron chi connectivity index (χ1n) is 8.46. The van der Waals surface area contributed by atoms with Crippen LogP contribution in [-0.2, 0) is 14.8 Å². The minimum absolute atomic E-state index is 0.235. The predicted molar refractivity (Wildman–Crippen MR) is 104 cm³/mol. The molecule has 140 valence electrons. The molecule has 0 heterocycles. The van der Waals surface area contributed by atoms with Gasteiger partial charge in [-0.25, -0.2) is 8.42 Å². The van der Waals surface area contributed by atoms with Gasteiger partial charge in [0.25, 0.3) is 0 Å². The summed E-state index contributed by atoms with van der Waals surface area (Å²) in [6.07, 6.45) is 1.10. The predicted octanol–water partition coefficient (Wildman–Crippen LogP) is 3.11. The third-order valence-electron chi connectivity index (χ3n) is 4.64. The maximum absolute atomic E-state index is 13.0. The third kappa shape index (κ3) is 4.71. The molecule has 0 spiro atoms. The van der Waals surface area contributed by atoms with E-state index in [9.17, 15) is 13.2 Å². The van der Waals surface area contributed by atoms with Crippen molar-refractivity contribution in [1.29, 1.82) is 0 Å². The van der Waals surface area contributed by atoms with E-state index in [4.69, 9.17) is 0 Å². The zero-order valence-electron chi connectivity index (χ0n) is 15.9. The fourth-order valence-corrected chi connectivity index (χ4v) is 3.36. The topological polar surface area (TPSA) is 66.5 Å². The Hall–Kier alpha value is -2.18. The number of nitrogens with zero attached hydrogens (tertiary/aromatic N) is 1. The molecule has 0 aliphatic heterocycles. The molecule has 2 atom stereocenters. The lowest BCUT2D eigenvalue weighted by atomic mass is 10.0. The van der Waals surface area contributed by atoms with Crippen molar-refractivity contribution in [2.45, 2.75) is 32.9 Å². The van der Waals surface area contributed by atoms with E-state index in [1.54, 1.807) is 24.3 Å². The number of sulfonamides is 1. The highest BCUT2D eigenvalue weighted by Gasteiger charge is 2.31. The second-order valence-corrected chi connectivity index (χ2v) is 8.71. The first-order valence-corrected chi connectivity index (χ1v) is 10.3. The SMILES string of the molecule is Cc1ccc(C(C)NC(=O)C(c2ccccc2)N(C)S(C)(=O)=O)cc1C. The van der Waals surface area contributed by atoms with Crippen LogP contribution >= 0.6 is 0 Å². The van der Waals surface area contributed by atoms with Gasteiger partial charge in [0.15, 0.2) is 0 Å². The Bertz CT molecular complexity index is 879. The monoisotopic (exact) mass is 374 g/mol. The highest BCUT2D eigenvalue weighted by Crippen LogP contribution is 2.24. The van der Waals surface area contributed by atoms with Crippen LogP contribution in [0.25, 0.3) is 0 Å². The standard InChI is InChI=1S/C20H26N2O3S/c1-14-11-12-18(13-15(14)2)16(3)21-20(23)19(22(4)26(5,24)25)17-9-7-6-8-10-17/h6-13,16,19H,1-5H3,(H,21,23). The lowest BCUT2D eigenvalue weighted by molar-refractivity contribution is -0.125. The van der Waals surface area contributed by atoms with Crippen molar-refractivity contribution in [3.05, 3.63) is 70.8 Å². The highest BCUT2D eigenvalue weighted by atomic mass is 32.2. The van der Waals surface area contributed by atoms with Gasteiger partial charge in [0.05, 0.1) is 12.3 Å². The van der Waals surface area contributed by atoms with Gasteiger partial charge >= 0.3 is 0 Å². The number of carbonyl (C=O) groups excluding carboxylic acids is 1. The summed E-state index contributed by atoms with van der Waals surface area (Å²) in [5.74, 6) is -0.352. The number of hydrogen-bond acceptors (Lipinski definition) is 3. The number of nitrogens with one attached hydrogen (secondary N) is 1. The second kappa shape index (κ2) is 8.01. The zero-order valence-corrected chi connectivity index (χ0v) is 16.7. The van der Waals surface area contributed by atoms with Gasteiger partial charge in [-0.1, -0.05) is 48.5 Å². The molecule has 2 aromatic carbocycles. The molecular formula is C20H26N2O3S. The molecule has 0 radical (unpaired) electrons. The molecule has 0 aliphatic rings. The van der Waals surface area contributed by atoms with Crippen LogP contribution in [0.4, 0.5) is 0 Å². The van der Waals surface area contributed by atoms with E-state index in [2.05, 4.69) is 5.32 Å². The van der Waals surface area contributed by atoms with Crippen LogP contribution < -0.4 is 5.32 Å². The fraction of sp³-hybridized carbons (Fsp3) is 0.350. The molecule has 26 heavy (non-hydrogen) atoms. The summed E-state index contributed by atoms with van der Waals surface area (Å²) in [6, 6.07) is 13.8. The molecule has 5 nitrogen and oxygen atoms in total. The van der Waals surface area contributed by atoms with Crippen LogP contribution in [0.15, 0.2) is 48.5 Å². The van der Waals surface area contributed by atoms with Crippen molar-refractivity contribution in [2.24, 2.45) is 0 Å². The Balaban J connectivity index is 2.30. The molecule has 0 aliphatic carbocycles. The lowest BCUT2D eigenvalue weighted by Gasteiger charge is -2.27. The molecule has 0 aromatic heterocycles. The summed E-state index contributed by atoms with van der Waals surface area (Å²) < 4.78 is 25.2. The maximum Gasteiger partial charge on any atom is 0.243 e. The first kappa shape index (κ1) is 20.1. The minimum Gasteiger partial charge on any atom is -0.348 e. The molecular weight excluding hydrogens is 348 g/mol. The van der Waals surface area contributed by atoms with Crippen LogP contribution in [-0.4, -0.2) is 31.9 Å². The van der Waals surface area contributed by atoms with Crippen molar-refractivity contribution < 1.29 is 13.2 Å². The Morgan fingerprint density at radius 1 is 1.00 bits per heavy atom. The summed E-state index contributed by atoms with van der Waals surface area (Å²) >= 11 is 0. The molecule has 1 amide bonds. The van der Waals surface area contributed by atoms with Crippen LogP contribution in [0, 0.1) is 13.8 Å². The molecule has 0 fully saturated rings. The van der Waals surface area contributed by atoms with Crippen molar-refractivity contribution in [3.63, 3.8) is 0 Å². The Kier molecular flexibility index (Phi) is 6.21. The van der Waals surface area contributed by atoms with E-state index in [1.165, 1.54) is 12.6 Å². The van der Waals surface area contributed by atoms with E-state index < -0.39 is 16.1 Å². The lowest BCUT2D eigenvalue weighted by Crippen LogP contribution is -2.42. The number of benzene rings is 2. The van der Waals surface area contributed by atoms with Crippen LogP contribution in [0.3, 0.4) is 0 Å². The summed E-state index contributed by atoms with van der Waals surface area (Å²) in [7, 11) is -2.11. The number of carbonyl (C=O) groups is 1. The summed E-state index contributed by atoms with van der Waals surface area (Å²) in [5.41, 5.74) is 3.95. The number of hydrogen-bond donors (Lipinski definition) is 1. The van der Waals surface area contributed by atoms with E-state index in [1.807, 2.05) is 45.0 Å². The molecule has 2 rings (SSSR count). The summed E-state index contributed by atoms with van der Waals surface area (Å²) in [4.78, 5) is 13.0. The molecule has 2 aromatic rings. The average Bonchev–Trinajstić information content (AvgIpc) is 2.57. The van der Waals surface area contributed by atoms with Crippen molar-refractivity contribution in [3.8, 4) is 0 Å². The average molecular weight is 375 g/mol. The summed E-state index contributed by atoms with van der Waals surface area (Å²) in [5, 5.41) is 2.95. The van der Waals surface area contributed by atoms with Crippen LogP contribution in [0.2, 0.25) is 0 Å². The van der Waals surface area contributed by atoms with Gasteiger partial charge in [-0.05, 0) is 43.0 Å². The smallest absolute Gasteiger partial charge is 0.243 e. The van der Waals surface area contributed by atoms with Gasteiger partial charge in [-0.15, -0.1) is 0 Å². The molecule has 0 saturated carbocycles. The van der Waals surface area contributed by atoms with Gasteiger partial charge in [-0.3, -0.25) is 4.79 Å². The van der Waals surface area contributed by atoms with Gasteiger partial charge in [0.1, 0.15) is 6.04 Å². The zero-order chi connectivity index (χ0) is 19.5. The number of aryl methyl sites for hydroxylation is 2. The van der Waals surface area contributed by atoms with E-state index in [-0.39, 0.29) is 11.9 Å². The number of likely N-dealkylation sites (N-methyl/N-ethyl adjacent to an activating group) is 1. The van der Waals surface area contributed by atoms with Gasteiger partial charge < -0.3 is 5.32 Å². The minimum atomic E-state index is -3.54. The van der Waals surface area contributed by atoms with Crippen molar-refractivity contribution in [1.82, 2.24) is 9.62 Å². The van der Waals surface area contributed by atoms with Crippen LogP contribution in [0.5, 0.6) is 0 Å². The van der Waals surface area contributed by atoms with E-state index >= 15 is 0 Å². The Labute approximate surface area is 156 Å². The molecule has 0 bridgehead atoms. The molecule has 1 N–H and O–H groups in total. The third-order valence-corrected chi connectivity index (χ3v) is 5.90. The van der Waals surface area contributed by atoms with E-state index in [0.717, 1.165) is 21.7 Å². The number of amides is 1. The second-order valence-electron chi connectivity index (χ2n) is 6.67. The van der Waals surface area contributed by atoms with Crippen molar-refractivity contribution >= 4 is 15.9 Å². The maximum atomic E-state index is 13.0. The fourth-order valence-electron chi connectivity index (χ4n) is 2.76. The van der Waals surface area contributed by atoms with Crippen molar-refractivity contribution in [2.75, 3.05) is 13.3 Å². The van der Waals surface area contributed by atoms with Gasteiger partial charge in [-0.2, -0.15) is 4.31 Å². The number of rotatable bonds is 6. The molecule has 6 heteroatoms. The Morgan fingerprint density at radius 2 is 1.62 bits per heavy atom. The summed E-state index contributed by atoms with van der Waals surface area (Å²) in [6.45, 7) is 5.96. The largest absolute Gasteiger partial charge is 0.348 e. The van der Waals surface area contributed by atoms with Gasteiger partial charge in [0.2, 0.25) is 15.9 Å².